The van der Waals surface area contributed by atoms with Gasteiger partial charge in [0.2, 0.25) is 0 Å². The second kappa shape index (κ2) is 4.78. The van der Waals surface area contributed by atoms with Gasteiger partial charge in [0.1, 0.15) is 0 Å². The van der Waals surface area contributed by atoms with Gasteiger partial charge in [-0.15, -0.1) is 11.3 Å². The van der Waals surface area contributed by atoms with Gasteiger partial charge >= 0.3 is 5.97 Å². The number of Topliss-reactive ketones (excluding diaryl/α,β-unsaturated/α-hetero) is 1. The second-order valence-corrected chi connectivity index (χ2v) is 5.58. The summed E-state index contributed by atoms with van der Waals surface area (Å²) in [5.74, 6) is -1.02. The van der Waals surface area contributed by atoms with Crippen molar-refractivity contribution in [2.45, 2.75) is 33.6 Å². The number of carbonyl (C=O) groups excluding carboxylic acids is 1. The Bertz CT molecular complexity index is 404. The fourth-order valence-electron chi connectivity index (χ4n) is 1.28. The van der Waals surface area contributed by atoms with E-state index in [2.05, 4.69) is 0 Å². The molecular weight excluding hydrogens is 224 g/mol. The molecule has 16 heavy (non-hydrogen) atoms. The van der Waals surface area contributed by atoms with Crippen molar-refractivity contribution in [3.63, 3.8) is 0 Å². The van der Waals surface area contributed by atoms with Gasteiger partial charge in [-0.05, 0) is 32.4 Å². The van der Waals surface area contributed by atoms with Gasteiger partial charge in [-0.1, -0.05) is 6.92 Å². The van der Waals surface area contributed by atoms with E-state index >= 15 is 0 Å². The Labute approximate surface area is 99.1 Å². The molecule has 0 spiro atoms. The fraction of sp³-hybridized carbons (Fsp3) is 0.500. The minimum atomic E-state index is -0.993. The first kappa shape index (κ1) is 12.9. The molecule has 0 amide bonds. The summed E-state index contributed by atoms with van der Waals surface area (Å²) in [6.07, 6.45) is 0.951. The van der Waals surface area contributed by atoms with Gasteiger partial charge in [-0.25, -0.2) is 0 Å². The van der Waals surface area contributed by atoms with Crippen LogP contribution in [0.2, 0.25) is 0 Å². The van der Waals surface area contributed by atoms with Crippen LogP contribution in [-0.2, 0) is 11.2 Å². The van der Waals surface area contributed by atoms with Crippen molar-refractivity contribution in [1.82, 2.24) is 0 Å². The zero-order valence-electron chi connectivity index (χ0n) is 9.74. The maximum atomic E-state index is 11.8. The average molecular weight is 240 g/mol. The summed E-state index contributed by atoms with van der Waals surface area (Å²) in [5.41, 5.74) is -0.993. The summed E-state index contributed by atoms with van der Waals surface area (Å²) in [7, 11) is 0. The fourth-order valence-corrected chi connectivity index (χ4v) is 2.17. The molecule has 1 aromatic heterocycles. The molecule has 1 rings (SSSR count). The van der Waals surface area contributed by atoms with Gasteiger partial charge in [0.25, 0.3) is 0 Å². The van der Waals surface area contributed by atoms with Crippen molar-refractivity contribution >= 4 is 23.1 Å². The Kier molecular flexibility index (Phi) is 3.86. The van der Waals surface area contributed by atoms with Crippen LogP contribution in [-0.4, -0.2) is 16.9 Å². The van der Waals surface area contributed by atoms with Gasteiger partial charge < -0.3 is 5.11 Å². The molecule has 0 aliphatic rings. The summed E-state index contributed by atoms with van der Waals surface area (Å²) in [6, 6.07) is 3.70. The minimum Gasteiger partial charge on any atom is -0.481 e. The van der Waals surface area contributed by atoms with Gasteiger partial charge in [0, 0.05) is 11.3 Å². The number of thiophene rings is 1. The van der Waals surface area contributed by atoms with E-state index in [0.29, 0.717) is 4.88 Å². The molecule has 1 heterocycles. The zero-order valence-corrected chi connectivity index (χ0v) is 10.6. The van der Waals surface area contributed by atoms with Gasteiger partial charge in [0.15, 0.2) is 5.78 Å². The van der Waals surface area contributed by atoms with Crippen molar-refractivity contribution in [2.75, 3.05) is 0 Å². The molecule has 0 aromatic carbocycles. The Hall–Kier alpha value is -1.16. The highest BCUT2D eigenvalue weighted by Crippen LogP contribution is 2.26. The molecule has 0 aliphatic heterocycles. The molecule has 88 valence electrons. The molecule has 1 aromatic rings. The van der Waals surface area contributed by atoms with Crippen LogP contribution in [0.1, 0.15) is 41.7 Å². The van der Waals surface area contributed by atoms with Crippen LogP contribution in [0.3, 0.4) is 0 Å². The predicted octanol–water partition coefficient (Wildman–Crippen LogP) is 2.99. The molecule has 4 heteroatoms. The number of aryl methyl sites for hydroxylation is 1. The lowest BCUT2D eigenvalue weighted by Gasteiger charge is -2.17. The van der Waals surface area contributed by atoms with Crippen LogP contribution in [0, 0.1) is 5.41 Å². The Morgan fingerprint density at radius 3 is 2.44 bits per heavy atom. The zero-order chi connectivity index (χ0) is 12.3. The summed E-state index contributed by atoms with van der Waals surface area (Å²) in [6.45, 7) is 5.17. The number of carbonyl (C=O) groups is 2. The Morgan fingerprint density at radius 2 is 2.00 bits per heavy atom. The average Bonchev–Trinajstić information content (AvgIpc) is 2.64. The molecule has 0 aliphatic carbocycles. The number of ketones is 1. The molecule has 0 saturated carbocycles. The number of hydrogen-bond acceptors (Lipinski definition) is 3. The van der Waals surface area contributed by atoms with E-state index < -0.39 is 11.4 Å². The SMILES string of the molecule is CCc1ccc(C(=O)CC(C)(C)C(=O)O)s1. The van der Waals surface area contributed by atoms with Crippen LogP contribution >= 0.6 is 11.3 Å². The van der Waals surface area contributed by atoms with Crippen molar-refractivity contribution in [3.8, 4) is 0 Å². The van der Waals surface area contributed by atoms with E-state index in [9.17, 15) is 9.59 Å². The Balaban J connectivity index is 2.76. The Morgan fingerprint density at radius 1 is 1.38 bits per heavy atom. The summed E-state index contributed by atoms with van der Waals surface area (Å²) in [5, 5.41) is 8.94. The quantitative estimate of drug-likeness (QED) is 0.805. The largest absolute Gasteiger partial charge is 0.481 e. The van der Waals surface area contributed by atoms with Crippen molar-refractivity contribution < 1.29 is 14.7 Å². The first-order valence-electron chi connectivity index (χ1n) is 5.22. The standard InChI is InChI=1S/C12H16O3S/c1-4-8-5-6-10(16-8)9(13)7-12(2,3)11(14)15/h5-6H,4,7H2,1-3H3,(H,14,15). The van der Waals surface area contributed by atoms with Gasteiger partial charge in [-0.2, -0.15) is 0 Å². The second-order valence-electron chi connectivity index (χ2n) is 4.41. The van der Waals surface area contributed by atoms with Crippen LogP contribution in [0.15, 0.2) is 12.1 Å². The maximum Gasteiger partial charge on any atom is 0.309 e. The number of carboxylic acids is 1. The smallest absolute Gasteiger partial charge is 0.309 e. The number of aliphatic carboxylic acids is 1. The summed E-state index contributed by atoms with van der Waals surface area (Å²) in [4.78, 5) is 24.5. The van der Waals surface area contributed by atoms with E-state index in [1.165, 1.54) is 11.3 Å². The lowest BCUT2D eigenvalue weighted by Crippen LogP contribution is -2.26. The van der Waals surface area contributed by atoms with Crippen LogP contribution < -0.4 is 0 Å². The van der Waals surface area contributed by atoms with Gasteiger partial charge in [-0.3, -0.25) is 9.59 Å². The normalized spacial score (nSPS) is 11.4. The third kappa shape index (κ3) is 2.92. The number of rotatable bonds is 5. The molecule has 3 nitrogen and oxygen atoms in total. The number of carboxylic acid groups (broad SMARTS) is 1. The van der Waals surface area contributed by atoms with Crippen LogP contribution in [0.5, 0.6) is 0 Å². The third-order valence-electron chi connectivity index (χ3n) is 2.47. The van der Waals surface area contributed by atoms with Crippen molar-refractivity contribution in [2.24, 2.45) is 5.41 Å². The number of hydrogen-bond donors (Lipinski definition) is 1. The molecule has 0 bridgehead atoms. The lowest BCUT2D eigenvalue weighted by atomic mass is 9.87. The van der Waals surface area contributed by atoms with Crippen molar-refractivity contribution in [3.05, 3.63) is 21.9 Å². The third-order valence-corrected chi connectivity index (χ3v) is 3.74. The summed E-state index contributed by atoms with van der Waals surface area (Å²) < 4.78 is 0. The summed E-state index contributed by atoms with van der Waals surface area (Å²) >= 11 is 1.45. The van der Waals surface area contributed by atoms with Crippen LogP contribution in [0.4, 0.5) is 0 Å². The predicted molar refractivity (Wildman–Crippen MR) is 64.1 cm³/mol. The maximum absolute atomic E-state index is 11.8. The van der Waals surface area contributed by atoms with E-state index in [4.69, 9.17) is 5.11 Å². The minimum absolute atomic E-state index is 0.0476. The van der Waals surface area contributed by atoms with Crippen molar-refractivity contribution in [1.29, 1.82) is 0 Å². The van der Waals surface area contributed by atoms with E-state index in [0.717, 1.165) is 11.3 Å². The molecule has 1 N–H and O–H groups in total. The molecule has 0 fully saturated rings. The molecule has 0 atom stereocenters. The monoisotopic (exact) mass is 240 g/mol. The molecule has 0 saturated heterocycles. The topological polar surface area (TPSA) is 54.4 Å². The first-order valence-corrected chi connectivity index (χ1v) is 6.04. The molecule has 0 radical (unpaired) electrons. The molecule has 0 unspecified atom stereocenters. The van der Waals surface area contributed by atoms with Gasteiger partial charge in [0.05, 0.1) is 10.3 Å². The first-order chi connectivity index (χ1) is 7.36. The highest BCUT2D eigenvalue weighted by atomic mass is 32.1. The molecular formula is C12H16O3S. The highest BCUT2D eigenvalue weighted by Gasteiger charge is 2.30. The van der Waals surface area contributed by atoms with E-state index in [-0.39, 0.29) is 12.2 Å². The highest BCUT2D eigenvalue weighted by molar-refractivity contribution is 7.14. The van der Waals surface area contributed by atoms with Crippen LogP contribution in [0.25, 0.3) is 0 Å². The lowest BCUT2D eigenvalue weighted by molar-refractivity contribution is -0.146. The van der Waals surface area contributed by atoms with E-state index in [1.807, 2.05) is 13.0 Å². The van der Waals surface area contributed by atoms with E-state index in [1.54, 1.807) is 19.9 Å².